The average Bonchev–Trinajstić information content (AvgIpc) is 3.29. The van der Waals surface area contributed by atoms with Crippen molar-refractivity contribution in [1.29, 1.82) is 0 Å². The molecule has 0 saturated carbocycles. The molecule has 1 saturated heterocycles. The van der Waals surface area contributed by atoms with Gasteiger partial charge in [0.1, 0.15) is 6.04 Å². The van der Waals surface area contributed by atoms with Gasteiger partial charge in [0.25, 0.3) is 5.91 Å². The molecule has 1 aliphatic heterocycles. The van der Waals surface area contributed by atoms with Crippen molar-refractivity contribution in [2.24, 2.45) is 0 Å². The Labute approximate surface area is 186 Å². The Balaban J connectivity index is 1.58. The van der Waals surface area contributed by atoms with Crippen LogP contribution in [0.2, 0.25) is 0 Å². The molecular weight excluding hydrogens is 436 g/mol. The number of amides is 1. The number of nitrogens with one attached hydrogen (secondary N) is 1. The summed E-state index contributed by atoms with van der Waals surface area (Å²) >= 11 is 0. The van der Waals surface area contributed by atoms with E-state index in [9.17, 15) is 22.8 Å². The maximum Gasteiger partial charge on any atom is 0.337 e. The van der Waals surface area contributed by atoms with Gasteiger partial charge in [0.2, 0.25) is 10.0 Å². The highest BCUT2D eigenvalue weighted by atomic mass is 32.2. The maximum absolute atomic E-state index is 12.9. The van der Waals surface area contributed by atoms with Gasteiger partial charge in [-0.3, -0.25) is 9.59 Å². The number of hydrogen-bond donors (Lipinski definition) is 1. The van der Waals surface area contributed by atoms with Gasteiger partial charge in [0.05, 0.1) is 17.6 Å². The third kappa shape index (κ3) is 5.32. The molecular formula is C22H24N2O7S. The normalized spacial score (nSPS) is 16.4. The highest BCUT2D eigenvalue weighted by Gasteiger charge is 2.40. The van der Waals surface area contributed by atoms with Crippen LogP contribution in [0.3, 0.4) is 0 Å². The lowest BCUT2D eigenvalue weighted by molar-refractivity contribution is -0.150. The molecule has 1 heterocycles. The molecule has 1 aliphatic rings. The third-order valence-electron chi connectivity index (χ3n) is 5.04. The van der Waals surface area contributed by atoms with Crippen molar-refractivity contribution in [3.8, 4) is 0 Å². The number of carbonyl (C=O) groups excluding carboxylic acids is 3. The molecule has 0 radical (unpaired) electrons. The molecule has 1 atom stereocenters. The predicted molar refractivity (Wildman–Crippen MR) is 115 cm³/mol. The number of aryl methyl sites for hydroxylation is 1. The van der Waals surface area contributed by atoms with Crippen molar-refractivity contribution in [1.82, 2.24) is 4.31 Å². The van der Waals surface area contributed by atoms with E-state index in [1.807, 2.05) is 6.92 Å². The fourth-order valence-corrected chi connectivity index (χ4v) is 4.99. The van der Waals surface area contributed by atoms with Crippen LogP contribution >= 0.6 is 0 Å². The van der Waals surface area contributed by atoms with Gasteiger partial charge in [-0.2, -0.15) is 4.31 Å². The summed E-state index contributed by atoms with van der Waals surface area (Å²) in [6.07, 6.45) is 0.837. The monoisotopic (exact) mass is 460 g/mol. The van der Waals surface area contributed by atoms with Crippen LogP contribution in [0, 0.1) is 6.92 Å². The minimum Gasteiger partial charge on any atom is -0.465 e. The first-order valence-electron chi connectivity index (χ1n) is 9.96. The molecule has 2 aromatic carbocycles. The second-order valence-electron chi connectivity index (χ2n) is 7.31. The second kappa shape index (κ2) is 9.92. The van der Waals surface area contributed by atoms with Gasteiger partial charge in [-0.05, 0) is 56.2 Å². The molecule has 10 heteroatoms. The van der Waals surface area contributed by atoms with Gasteiger partial charge >= 0.3 is 11.9 Å². The number of anilines is 1. The van der Waals surface area contributed by atoms with Gasteiger partial charge in [-0.1, -0.05) is 17.7 Å². The summed E-state index contributed by atoms with van der Waals surface area (Å²) < 4.78 is 36.7. The first kappa shape index (κ1) is 23.4. The van der Waals surface area contributed by atoms with Crippen LogP contribution in [-0.4, -0.2) is 56.9 Å². The third-order valence-corrected chi connectivity index (χ3v) is 6.96. The van der Waals surface area contributed by atoms with Crippen LogP contribution in [0.25, 0.3) is 0 Å². The van der Waals surface area contributed by atoms with Crippen LogP contribution in [0.15, 0.2) is 53.4 Å². The zero-order valence-electron chi connectivity index (χ0n) is 17.7. The van der Waals surface area contributed by atoms with Crippen molar-refractivity contribution in [3.05, 3.63) is 59.7 Å². The Morgan fingerprint density at radius 3 is 2.34 bits per heavy atom. The molecule has 3 rings (SSSR count). The first-order chi connectivity index (χ1) is 15.2. The smallest absolute Gasteiger partial charge is 0.337 e. The second-order valence-corrected chi connectivity index (χ2v) is 9.20. The predicted octanol–water partition coefficient (Wildman–Crippen LogP) is 2.12. The number of esters is 2. The van der Waals surface area contributed by atoms with E-state index in [1.165, 1.54) is 43.5 Å². The number of benzene rings is 2. The average molecular weight is 461 g/mol. The number of nitrogens with zero attached hydrogens (tertiary/aromatic N) is 1. The van der Waals surface area contributed by atoms with E-state index in [-0.39, 0.29) is 11.4 Å². The lowest BCUT2D eigenvalue weighted by Gasteiger charge is -2.22. The Morgan fingerprint density at radius 1 is 1.06 bits per heavy atom. The minimum absolute atomic E-state index is 0.107. The fraction of sp³-hybridized carbons (Fsp3) is 0.318. The molecule has 2 aromatic rings. The molecule has 9 nitrogen and oxygen atoms in total. The molecule has 170 valence electrons. The summed E-state index contributed by atoms with van der Waals surface area (Å²) in [7, 11) is -2.59. The molecule has 1 fully saturated rings. The van der Waals surface area contributed by atoms with Gasteiger partial charge in [-0.25, -0.2) is 13.2 Å². The quantitative estimate of drug-likeness (QED) is 0.629. The van der Waals surface area contributed by atoms with Crippen LogP contribution in [0.5, 0.6) is 0 Å². The number of hydrogen-bond acceptors (Lipinski definition) is 7. The van der Waals surface area contributed by atoms with Crippen molar-refractivity contribution >= 4 is 33.6 Å². The molecule has 0 spiro atoms. The molecule has 0 aliphatic carbocycles. The van der Waals surface area contributed by atoms with E-state index in [4.69, 9.17) is 4.74 Å². The molecule has 0 aromatic heterocycles. The topological polar surface area (TPSA) is 119 Å². The summed E-state index contributed by atoms with van der Waals surface area (Å²) in [6, 6.07) is 11.4. The van der Waals surface area contributed by atoms with Gasteiger partial charge < -0.3 is 14.8 Å². The summed E-state index contributed by atoms with van der Waals surface area (Å²) in [5.74, 6) is -1.86. The summed E-state index contributed by atoms with van der Waals surface area (Å²) in [6.45, 7) is 1.49. The first-order valence-corrected chi connectivity index (χ1v) is 11.4. The van der Waals surface area contributed by atoms with Gasteiger partial charge in [0.15, 0.2) is 6.61 Å². The molecule has 1 N–H and O–H groups in total. The summed E-state index contributed by atoms with van der Waals surface area (Å²) in [4.78, 5) is 36.2. The van der Waals surface area contributed by atoms with Gasteiger partial charge in [0, 0.05) is 12.2 Å². The van der Waals surface area contributed by atoms with Crippen molar-refractivity contribution < 1.29 is 32.3 Å². The van der Waals surface area contributed by atoms with Gasteiger partial charge in [-0.15, -0.1) is 0 Å². The number of sulfonamides is 1. The van der Waals surface area contributed by atoms with Crippen molar-refractivity contribution in [3.63, 3.8) is 0 Å². The molecule has 32 heavy (non-hydrogen) atoms. The van der Waals surface area contributed by atoms with Crippen LogP contribution in [0.4, 0.5) is 5.69 Å². The SMILES string of the molecule is COC(=O)c1ccc(NC(=O)COC(=O)[C@@H]2CCCN2S(=O)(=O)c2ccc(C)cc2)cc1. The molecule has 1 amide bonds. The maximum atomic E-state index is 12.9. The number of rotatable bonds is 7. The molecule has 0 bridgehead atoms. The Morgan fingerprint density at radius 2 is 1.72 bits per heavy atom. The highest BCUT2D eigenvalue weighted by Crippen LogP contribution is 2.27. The van der Waals surface area contributed by atoms with E-state index in [2.05, 4.69) is 10.1 Å². The summed E-state index contributed by atoms with van der Waals surface area (Å²) in [5.41, 5.74) is 1.66. The van der Waals surface area contributed by atoms with E-state index >= 15 is 0 Å². The minimum atomic E-state index is -3.86. The number of ether oxygens (including phenoxy) is 2. The Bertz CT molecular complexity index is 1100. The number of carbonyl (C=O) groups is 3. The largest absolute Gasteiger partial charge is 0.465 e. The molecule has 0 unspecified atom stereocenters. The lowest BCUT2D eigenvalue weighted by Crippen LogP contribution is -2.42. The summed E-state index contributed by atoms with van der Waals surface area (Å²) in [5, 5.41) is 2.54. The fourth-order valence-electron chi connectivity index (χ4n) is 3.35. The van der Waals surface area contributed by atoms with Crippen LogP contribution in [-0.2, 0) is 29.1 Å². The highest BCUT2D eigenvalue weighted by molar-refractivity contribution is 7.89. The van der Waals surface area contributed by atoms with E-state index in [0.717, 1.165) is 9.87 Å². The van der Waals surface area contributed by atoms with Crippen molar-refractivity contribution in [2.45, 2.75) is 30.7 Å². The lowest BCUT2D eigenvalue weighted by atomic mass is 10.2. The van der Waals surface area contributed by atoms with Crippen molar-refractivity contribution in [2.75, 3.05) is 25.6 Å². The van der Waals surface area contributed by atoms with E-state index in [0.29, 0.717) is 24.1 Å². The van der Waals surface area contributed by atoms with Crippen LogP contribution in [0.1, 0.15) is 28.8 Å². The van der Waals surface area contributed by atoms with E-state index < -0.39 is 40.5 Å². The Kier molecular flexibility index (Phi) is 7.26. The zero-order chi connectivity index (χ0) is 23.3. The zero-order valence-corrected chi connectivity index (χ0v) is 18.6. The number of methoxy groups -OCH3 is 1. The Hall–Kier alpha value is -3.24. The van der Waals surface area contributed by atoms with Crippen LogP contribution < -0.4 is 5.32 Å². The van der Waals surface area contributed by atoms with E-state index in [1.54, 1.807) is 12.1 Å². The standard InChI is InChI=1S/C22H24N2O7S/c1-15-5-11-18(12-6-15)32(28,29)24-13-3-4-19(24)22(27)31-14-20(25)23-17-9-7-16(8-10-17)21(26)30-2/h5-12,19H,3-4,13-14H2,1-2H3,(H,23,25)/t19-/m0/s1.